The molecule has 1 aliphatic rings. The van der Waals surface area contributed by atoms with Crippen LogP contribution in [0.2, 0.25) is 0 Å². The Kier molecular flexibility index (Phi) is 6.74. The monoisotopic (exact) mass is 533 g/mol. The van der Waals surface area contributed by atoms with Gasteiger partial charge >= 0.3 is 5.97 Å². The number of aromatic hydroxyl groups is 1. The molecule has 0 atom stereocenters. The molecule has 0 saturated heterocycles. The minimum Gasteiger partial charge on any atom is -0.481 e. The molecule has 200 valence electrons. The van der Waals surface area contributed by atoms with E-state index in [1.54, 1.807) is 36.4 Å². The van der Waals surface area contributed by atoms with Crippen LogP contribution in [0, 0.1) is 11.3 Å². The van der Waals surface area contributed by atoms with Crippen LogP contribution in [0.5, 0.6) is 5.95 Å². The number of amides is 1. The van der Waals surface area contributed by atoms with Crippen LogP contribution in [0.4, 0.5) is 5.69 Å². The highest BCUT2D eigenvalue weighted by Crippen LogP contribution is 2.43. The Morgan fingerprint density at radius 1 is 1.02 bits per heavy atom. The molecule has 0 fully saturated rings. The maximum atomic E-state index is 13.2. The van der Waals surface area contributed by atoms with Crippen LogP contribution in [0.3, 0.4) is 0 Å². The number of aliphatic carboxylic acids is 1. The number of nitriles is 1. The predicted molar refractivity (Wildman–Crippen MR) is 152 cm³/mol. The van der Waals surface area contributed by atoms with Crippen molar-refractivity contribution in [1.29, 1.82) is 5.26 Å². The highest BCUT2D eigenvalue weighted by Gasteiger charge is 2.32. The van der Waals surface area contributed by atoms with E-state index in [1.165, 1.54) is 0 Å². The molecule has 0 unspecified atom stereocenters. The number of nitrogens with one attached hydrogen (secondary N) is 1. The standard InChI is InChI=1S/C32H27N3O5/c1-32(2,3)24-16-18(13-14-25(36)37)15-22-26(31(39)40-29(22)24)28-21-12-8-7-11-20(21)27(35-28)23(17-33)30(38)34-19-9-5-4-6-10-19/h4-12,15-16,39H,13-14H2,1-3H3,(H,34,38)(H,36,37)/b27-23+. The third-order valence-electron chi connectivity index (χ3n) is 6.77. The highest BCUT2D eigenvalue weighted by atomic mass is 16.5. The van der Waals surface area contributed by atoms with Crippen LogP contribution in [0.25, 0.3) is 16.7 Å². The van der Waals surface area contributed by atoms with Gasteiger partial charge in [-0.2, -0.15) is 5.26 Å². The molecule has 8 nitrogen and oxygen atoms in total. The lowest BCUT2D eigenvalue weighted by molar-refractivity contribution is -0.137. The largest absolute Gasteiger partial charge is 0.481 e. The van der Waals surface area contributed by atoms with E-state index in [1.807, 2.05) is 57.2 Å². The Labute approximate surface area is 230 Å². The second-order valence-corrected chi connectivity index (χ2v) is 10.6. The van der Waals surface area contributed by atoms with Gasteiger partial charge in [-0.05, 0) is 35.6 Å². The van der Waals surface area contributed by atoms with E-state index in [9.17, 15) is 25.1 Å². The van der Waals surface area contributed by atoms with Gasteiger partial charge in [0.05, 0.1) is 17.0 Å². The number of rotatable bonds is 6. The number of anilines is 1. The van der Waals surface area contributed by atoms with Crippen molar-refractivity contribution >= 4 is 39.9 Å². The van der Waals surface area contributed by atoms with E-state index >= 15 is 0 Å². The van der Waals surface area contributed by atoms with Gasteiger partial charge in [0.1, 0.15) is 17.2 Å². The van der Waals surface area contributed by atoms with Gasteiger partial charge in [-0.1, -0.05) is 69.3 Å². The summed E-state index contributed by atoms with van der Waals surface area (Å²) < 4.78 is 5.91. The number of hydrogen-bond donors (Lipinski definition) is 3. The zero-order valence-electron chi connectivity index (χ0n) is 22.3. The van der Waals surface area contributed by atoms with Crippen LogP contribution < -0.4 is 5.32 Å². The second-order valence-electron chi connectivity index (χ2n) is 10.6. The minimum atomic E-state index is -0.908. The first-order valence-corrected chi connectivity index (χ1v) is 12.8. The molecule has 40 heavy (non-hydrogen) atoms. The summed E-state index contributed by atoms with van der Waals surface area (Å²) in [5.74, 6) is -1.86. The van der Waals surface area contributed by atoms with Gasteiger partial charge in [-0.3, -0.25) is 9.59 Å². The van der Waals surface area contributed by atoms with Gasteiger partial charge in [-0.15, -0.1) is 0 Å². The molecular formula is C32H27N3O5. The van der Waals surface area contributed by atoms with Gasteiger partial charge in [-0.25, -0.2) is 4.99 Å². The number of fused-ring (bicyclic) bond motifs is 2. The molecule has 5 rings (SSSR count). The first kappa shape index (κ1) is 26.4. The van der Waals surface area contributed by atoms with Crippen molar-refractivity contribution in [2.75, 3.05) is 5.32 Å². The number of aryl methyl sites for hydroxylation is 1. The van der Waals surface area contributed by atoms with E-state index in [-0.39, 0.29) is 29.1 Å². The maximum Gasteiger partial charge on any atom is 0.303 e. The Morgan fingerprint density at radius 3 is 2.35 bits per heavy atom. The maximum absolute atomic E-state index is 13.2. The lowest BCUT2D eigenvalue weighted by Gasteiger charge is -2.20. The zero-order chi connectivity index (χ0) is 28.6. The smallest absolute Gasteiger partial charge is 0.303 e. The molecule has 4 aromatic rings. The quantitative estimate of drug-likeness (QED) is 0.200. The zero-order valence-corrected chi connectivity index (χ0v) is 22.3. The Balaban J connectivity index is 1.72. The molecule has 0 saturated carbocycles. The summed E-state index contributed by atoms with van der Waals surface area (Å²) in [4.78, 5) is 29.2. The molecule has 8 heteroatoms. The number of carbonyl (C=O) groups excluding carboxylic acids is 1. The van der Waals surface area contributed by atoms with Crippen LogP contribution in [-0.4, -0.2) is 27.8 Å². The fourth-order valence-corrected chi connectivity index (χ4v) is 4.86. The third kappa shape index (κ3) is 4.85. The summed E-state index contributed by atoms with van der Waals surface area (Å²) in [6.07, 6.45) is 0.249. The predicted octanol–water partition coefficient (Wildman–Crippen LogP) is 6.18. The van der Waals surface area contributed by atoms with Gasteiger partial charge in [0.2, 0.25) is 0 Å². The summed E-state index contributed by atoms with van der Waals surface area (Å²) in [5.41, 5.74) is 4.13. The van der Waals surface area contributed by atoms with Gasteiger partial charge < -0.3 is 19.9 Å². The van der Waals surface area contributed by atoms with Crippen molar-refractivity contribution in [3.63, 3.8) is 0 Å². The number of nitrogens with zero attached hydrogens (tertiary/aromatic N) is 2. The Bertz CT molecular complexity index is 1770. The molecule has 1 amide bonds. The van der Waals surface area contributed by atoms with Crippen molar-refractivity contribution in [3.05, 3.63) is 100 Å². The van der Waals surface area contributed by atoms with Crippen molar-refractivity contribution in [2.24, 2.45) is 4.99 Å². The van der Waals surface area contributed by atoms with Crippen molar-refractivity contribution in [2.45, 2.75) is 39.0 Å². The topological polar surface area (TPSA) is 136 Å². The average molecular weight is 534 g/mol. The van der Waals surface area contributed by atoms with E-state index in [0.29, 0.717) is 45.5 Å². The second kappa shape index (κ2) is 10.2. The number of carbonyl (C=O) groups is 2. The number of benzene rings is 3. The Morgan fingerprint density at radius 2 is 1.70 bits per heavy atom. The molecule has 0 radical (unpaired) electrons. The van der Waals surface area contributed by atoms with Crippen LogP contribution >= 0.6 is 0 Å². The highest BCUT2D eigenvalue weighted by molar-refractivity contribution is 6.28. The third-order valence-corrected chi connectivity index (χ3v) is 6.77. The molecule has 0 spiro atoms. The van der Waals surface area contributed by atoms with Gasteiger partial charge in [0.15, 0.2) is 0 Å². The first-order chi connectivity index (χ1) is 19.1. The first-order valence-electron chi connectivity index (χ1n) is 12.8. The Hall–Kier alpha value is -5.16. The van der Waals surface area contributed by atoms with E-state index < -0.39 is 11.9 Å². The number of carboxylic acids is 1. The molecular weight excluding hydrogens is 506 g/mol. The van der Waals surface area contributed by atoms with Crippen LogP contribution in [-0.2, 0) is 21.4 Å². The SMILES string of the molecule is CC(C)(C)c1cc(CCC(=O)O)cc2c(C3=N/C(=C(\C#N)C(=O)Nc4ccccc4)c4ccccc43)c(O)oc12. The molecule has 0 bridgehead atoms. The lowest BCUT2D eigenvalue weighted by Crippen LogP contribution is -2.14. The van der Waals surface area contributed by atoms with E-state index in [4.69, 9.17) is 9.41 Å². The van der Waals surface area contributed by atoms with Gasteiger partial charge in [0.25, 0.3) is 11.9 Å². The number of aliphatic imine (C=N–C) groups is 1. The fourth-order valence-electron chi connectivity index (χ4n) is 4.86. The average Bonchev–Trinajstić information content (AvgIpc) is 3.44. The number of carboxylic acid groups (broad SMARTS) is 1. The number of para-hydroxylation sites is 1. The van der Waals surface area contributed by atoms with Crippen molar-refractivity contribution < 1.29 is 24.2 Å². The summed E-state index contributed by atoms with van der Waals surface area (Å²) in [6, 6.07) is 21.7. The summed E-state index contributed by atoms with van der Waals surface area (Å²) in [7, 11) is 0. The van der Waals surface area contributed by atoms with Crippen molar-refractivity contribution in [1.82, 2.24) is 0 Å². The molecule has 1 aromatic heterocycles. The fraction of sp³-hybridized carbons (Fsp3) is 0.188. The van der Waals surface area contributed by atoms with E-state index in [0.717, 1.165) is 11.1 Å². The molecule has 0 aliphatic carbocycles. The normalized spacial score (nSPS) is 13.9. The molecule has 3 N–H and O–H groups in total. The van der Waals surface area contributed by atoms with Crippen LogP contribution in [0.15, 0.2) is 81.7 Å². The summed E-state index contributed by atoms with van der Waals surface area (Å²) in [6.45, 7) is 6.03. The minimum absolute atomic E-state index is 0.0486. The molecule has 2 heterocycles. The summed E-state index contributed by atoms with van der Waals surface area (Å²) in [5, 5.41) is 33.7. The van der Waals surface area contributed by atoms with Crippen molar-refractivity contribution in [3.8, 4) is 12.0 Å². The van der Waals surface area contributed by atoms with Gasteiger partial charge in [0, 0.05) is 34.2 Å². The lowest BCUT2D eigenvalue weighted by atomic mass is 9.83. The number of hydrogen-bond acceptors (Lipinski definition) is 6. The molecule has 1 aliphatic heterocycles. The van der Waals surface area contributed by atoms with Crippen LogP contribution in [0.1, 0.15) is 55.0 Å². The van der Waals surface area contributed by atoms with E-state index in [2.05, 4.69) is 5.32 Å². The number of furan rings is 1. The molecule has 3 aromatic carbocycles. The summed E-state index contributed by atoms with van der Waals surface area (Å²) >= 11 is 0.